The molecule has 0 aliphatic carbocycles. The van der Waals surface area contributed by atoms with E-state index in [-0.39, 0.29) is 0 Å². The monoisotopic (exact) mass is 147 g/mol. The highest BCUT2D eigenvalue weighted by atomic mass is 16.5. The van der Waals surface area contributed by atoms with Crippen LogP contribution in [0.5, 0.6) is 0 Å². The largest absolute Gasteiger partial charge is 0.491 e. The first-order valence-electron chi connectivity index (χ1n) is 3.66. The maximum absolute atomic E-state index is 9.32. The Labute approximate surface area is 66.0 Å². The summed E-state index contributed by atoms with van der Waals surface area (Å²) >= 11 is 0. The standard InChI is InChI=1S/C8H8BO2/c10-9-8-4-2-1-3-7(8)5-6-11-9/h1,3-4,10H,5-6H2. The fourth-order valence-electron chi connectivity index (χ4n) is 1.30. The van der Waals surface area contributed by atoms with Crippen molar-refractivity contribution in [2.24, 2.45) is 0 Å². The molecule has 0 atom stereocenters. The van der Waals surface area contributed by atoms with E-state index >= 15 is 0 Å². The lowest BCUT2D eigenvalue weighted by Gasteiger charge is -2.17. The van der Waals surface area contributed by atoms with Crippen LogP contribution in [-0.2, 0) is 11.1 Å². The molecule has 1 radical (unpaired) electrons. The first-order chi connectivity index (χ1) is 5.38. The fraction of sp³-hybridized carbons (Fsp3) is 0.250. The van der Waals surface area contributed by atoms with Crippen molar-refractivity contribution in [1.29, 1.82) is 0 Å². The summed E-state index contributed by atoms with van der Waals surface area (Å²) in [5, 5.41) is 9.32. The molecule has 11 heavy (non-hydrogen) atoms. The van der Waals surface area contributed by atoms with Crippen LogP contribution in [0.25, 0.3) is 0 Å². The Morgan fingerprint density at radius 2 is 2.55 bits per heavy atom. The number of rotatable bonds is 0. The molecule has 3 heteroatoms. The molecule has 1 N–H and O–H groups in total. The molecule has 1 aromatic carbocycles. The maximum Gasteiger partial charge on any atom is 0.491 e. The Morgan fingerprint density at radius 3 is 3.36 bits per heavy atom. The first-order valence-corrected chi connectivity index (χ1v) is 3.66. The van der Waals surface area contributed by atoms with E-state index in [0.717, 1.165) is 11.9 Å². The summed E-state index contributed by atoms with van der Waals surface area (Å²) < 4.78 is 5.04. The van der Waals surface area contributed by atoms with E-state index < -0.39 is 7.12 Å². The van der Waals surface area contributed by atoms with Crippen LogP contribution in [0.15, 0.2) is 18.2 Å². The average Bonchev–Trinajstić information content (AvgIpc) is 2.06. The van der Waals surface area contributed by atoms with Crippen molar-refractivity contribution < 1.29 is 9.68 Å². The molecule has 0 aromatic heterocycles. The fourth-order valence-corrected chi connectivity index (χ4v) is 1.30. The van der Waals surface area contributed by atoms with Gasteiger partial charge in [0.2, 0.25) is 0 Å². The zero-order valence-corrected chi connectivity index (χ0v) is 6.08. The minimum absolute atomic E-state index is 0.609. The smallest absolute Gasteiger partial charge is 0.423 e. The molecule has 1 heterocycles. The quantitative estimate of drug-likeness (QED) is 0.512. The summed E-state index contributed by atoms with van der Waals surface area (Å²) in [6, 6.07) is 8.52. The Hall–Kier alpha value is -0.795. The van der Waals surface area contributed by atoms with Crippen LogP contribution in [0.2, 0.25) is 0 Å². The van der Waals surface area contributed by atoms with Gasteiger partial charge in [-0.25, -0.2) is 0 Å². The van der Waals surface area contributed by atoms with Gasteiger partial charge in [-0.05, 0) is 23.5 Å². The molecular formula is C8H8BO2. The number of hydrogen-bond acceptors (Lipinski definition) is 2. The van der Waals surface area contributed by atoms with Crippen LogP contribution in [0.4, 0.5) is 0 Å². The normalized spacial score (nSPS) is 16.3. The van der Waals surface area contributed by atoms with Gasteiger partial charge < -0.3 is 9.68 Å². The van der Waals surface area contributed by atoms with Crippen molar-refractivity contribution >= 4 is 12.6 Å². The molecule has 2 nitrogen and oxygen atoms in total. The number of benzene rings is 1. The van der Waals surface area contributed by atoms with Crippen LogP contribution >= 0.6 is 0 Å². The summed E-state index contributed by atoms with van der Waals surface area (Å²) in [6.07, 6.45) is 0.890. The maximum atomic E-state index is 9.32. The van der Waals surface area contributed by atoms with Gasteiger partial charge in [-0.1, -0.05) is 18.2 Å². The predicted molar refractivity (Wildman–Crippen MR) is 42.5 cm³/mol. The Balaban J connectivity index is 2.44. The highest BCUT2D eigenvalue weighted by molar-refractivity contribution is 6.60. The first kappa shape index (κ1) is 6.89. The molecule has 0 spiro atoms. The minimum Gasteiger partial charge on any atom is -0.423 e. The second kappa shape index (κ2) is 2.68. The zero-order valence-electron chi connectivity index (χ0n) is 6.08. The Bertz CT molecular complexity index is 262. The summed E-state index contributed by atoms with van der Waals surface area (Å²) in [4.78, 5) is 0. The van der Waals surface area contributed by atoms with Crippen molar-refractivity contribution in [2.45, 2.75) is 6.42 Å². The van der Waals surface area contributed by atoms with Gasteiger partial charge in [0.05, 0.1) is 0 Å². The molecule has 0 fully saturated rings. The van der Waals surface area contributed by atoms with E-state index in [1.807, 2.05) is 12.1 Å². The van der Waals surface area contributed by atoms with Crippen molar-refractivity contribution in [1.82, 2.24) is 0 Å². The van der Waals surface area contributed by atoms with E-state index in [1.54, 1.807) is 6.07 Å². The Kier molecular flexibility index (Phi) is 1.68. The summed E-state index contributed by atoms with van der Waals surface area (Å²) in [5.74, 6) is 0. The topological polar surface area (TPSA) is 29.5 Å². The van der Waals surface area contributed by atoms with Crippen LogP contribution in [0, 0.1) is 6.07 Å². The highest BCUT2D eigenvalue weighted by Crippen LogP contribution is 2.04. The number of fused-ring (bicyclic) bond motifs is 1. The summed E-state index contributed by atoms with van der Waals surface area (Å²) in [6.45, 7) is 0.609. The van der Waals surface area contributed by atoms with E-state index in [4.69, 9.17) is 4.65 Å². The molecule has 0 amide bonds. The van der Waals surface area contributed by atoms with Crippen LogP contribution in [-0.4, -0.2) is 18.7 Å². The third-order valence-corrected chi connectivity index (χ3v) is 1.90. The zero-order chi connectivity index (χ0) is 7.68. The predicted octanol–water partition coefficient (Wildman–Crippen LogP) is -0.253. The van der Waals surface area contributed by atoms with E-state index in [0.29, 0.717) is 6.61 Å². The lowest BCUT2D eigenvalue weighted by molar-refractivity contribution is 0.266. The van der Waals surface area contributed by atoms with E-state index in [1.165, 1.54) is 5.56 Å². The molecule has 0 unspecified atom stereocenters. The molecule has 55 valence electrons. The molecule has 1 aliphatic heterocycles. The average molecular weight is 147 g/mol. The van der Waals surface area contributed by atoms with Gasteiger partial charge in [-0.2, -0.15) is 0 Å². The van der Waals surface area contributed by atoms with Crippen LogP contribution in [0.3, 0.4) is 0 Å². The highest BCUT2D eigenvalue weighted by Gasteiger charge is 2.23. The molecule has 2 rings (SSSR count). The summed E-state index contributed by atoms with van der Waals surface area (Å²) in [5.41, 5.74) is 2.03. The molecule has 1 aromatic rings. The minimum atomic E-state index is -0.740. The van der Waals surface area contributed by atoms with Crippen molar-refractivity contribution in [3.8, 4) is 0 Å². The molecule has 0 bridgehead atoms. The van der Waals surface area contributed by atoms with Crippen molar-refractivity contribution in [3.63, 3.8) is 0 Å². The molecule has 0 saturated heterocycles. The SMILES string of the molecule is OB1OCCc2cc[c]cc21. The van der Waals surface area contributed by atoms with Gasteiger partial charge in [0.1, 0.15) is 0 Å². The van der Waals surface area contributed by atoms with Gasteiger partial charge in [0, 0.05) is 6.61 Å². The van der Waals surface area contributed by atoms with Gasteiger partial charge in [-0.3, -0.25) is 0 Å². The molecular weight excluding hydrogens is 139 g/mol. The third kappa shape index (κ3) is 1.17. The lowest BCUT2D eigenvalue weighted by atomic mass is 9.74. The second-order valence-corrected chi connectivity index (χ2v) is 2.60. The van der Waals surface area contributed by atoms with Gasteiger partial charge in [0.25, 0.3) is 0 Å². The van der Waals surface area contributed by atoms with E-state index in [2.05, 4.69) is 6.07 Å². The van der Waals surface area contributed by atoms with E-state index in [9.17, 15) is 5.02 Å². The summed E-state index contributed by atoms with van der Waals surface area (Å²) in [7, 11) is -0.740. The van der Waals surface area contributed by atoms with Gasteiger partial charge >= 0.3 is 7.12 Å². The van der Waals surface area contributed by atoms with Crippen molar-refractivity contribution in [2.75, 3.05) is 6.61 Å². The molecule has 0 saturated carbocycles. The second-order valence-electron chi connectivity index (χ2n) is 2.60. The van der Waals surface area contributed by atoms with Crippen molar-refractivity contribution in [3.05, 3.63) is 29.8 Å². The molecule has 1 aliphatic rings. The lowest BCUT2D eigenvalue weighted by Crippen LogP contribution is -2.40. The third-order valence-electron chi connectivity index (χ3n) is 1.90. The van der Waals surface area contributed by atoms with Gasteiger partial charge in [0.15, 0.2) is 0 Å². The van der Waals surface area contributed by atoms with Crippen LogP contribution in [0.1, 0.15) is 5.56 Å². The Morgan fingerprint density at radius 1 is 1.64 bits per heavy atom. The van der Waals surface area contributed by atoms with Crippen LogP contribution < -0.4 is 5.46 Å². The van der Waals surface area contributed by atoms with Gasteiger partial charge in [-0.15, -0.1) is 0 Å². The number of hydrogen-bond donors (Lipinski definition) is 1.